The summed E-state index contributed by atoms with van der Waals surface area (Å²) in [4.78, 5) is 17.4. The molecule has 0 aliphatic heterocycles. The summed E-state index contributed by atoms with van der Waals surface area (Å²) in [5.74, 6) is -1.92. The lowest BCUT2D eigenvalue weighted by Crippen LogP contribution is -2.03. The molecule has 0 fully saturated rings. The van der Waals surface area contributed by atoms with Crippen molar-refractivity contribution in [2.75, 3.05) is 0 Å². The zero-order valence-electron chi connectivity index (χ0n) is 9.52. The molecular weight excluding hydrogens is 280 g/mol. The Morgan fingerprint density at radius 2 is 1.84 bits per heavy atom. The van der Waals surface area contributed by atoms with E-state index in [0.29, 0.717) is 0 Å². The molecule has 0 saturated heterocycles. The molecule has 98 valence electrons. The van der Waals surface area contributed by atoms with E-state index in [0.717, 1.165) is 18.2 Å². The molecule has 0 aliphatic rings. The van der Waals surface area contributed by atoms with Gasteiger partial charge in [-0.1, -0.05) is 6.07 Å². The fraction of sp³-hybridized carbons (Fsp3) is 0.0909. The Labute approximate surface area is 111 Å². The van der Waals surface area contributed by atoms with Crippen LogP contribution in [-0.4, -0.2) is 14.9 Å². The van der Waals surface area contributed by atoms with Crippen LogP contribution >= 0.6 is 11.6 Å². The predicted octanol–water partition coefficient (Wildman–Crippen LogP) is 3.29. The second kappa shape index (κ2) is 4.85. The molecule has 1 aromatic heterocycles. The first-order chi connectivity index (χ1) is 8.91. The van der Waals surface area contributed by atoms with Crippen LogP contribution < -0.4 is 0 Å². The topological polar surface area (TPSA) is 68.9 Å². The molecule has 0 atom stereocenters. The molecule has 1 heterocycles. The average molecular weight is 286 g/mol. The number of nitro groups is 1. The molecular formula is C11H6ClF2N3O2. The lowest BCUT2D eigenvalue weighted by atomic mass is 10.1. The highest BCUT2D eigenvalue weighted by atomic mass is 35.5. The van der Waals surface area contributed by atoms with Crippen molar-refractivity contribution in [3.63, 3.8) is 0 Å². The highest BCUT2D eigenvalue weighted by Crippen LogP contribution is 2.34. The number of aromatic nitrogens is 2. The Bertz CT molecular complexity index is 659. The fourth-order valence-electron chi connectivity index (χ4n) is 1.65. The normalized spacial score (nSPS) is 10.5. The number of aryl methyl sites for hydroxylation is 1. The summed E-state index contributed by atoms with van der Waals surface area (Å²) in [5, 5.41) is 10.7. The van der Waals surface area contributed by atoms with Crippen LogP contribution in [-0.2, 0) is 0 Å². The third-order valence-electron chi connectivity index (χ3n) is 2.41. The van der Waals surface area contributed by atoms with Crippen LogP contribution in [0.5, 0.6) is 0 Å². The molecule has 2 rings (SSSR count). The molecule has 0 saturated carbocycles. The SMILES string of the molecule is Cc1nc(Cl)nc(-c2c(F)cccc2F)c1[N+](=O)[O-]. The van der Waals surface area contributed by atoms with Crippen LogP contribution in [0.3, 0.4) is 0 Å². The molecule has 0 unspecified atom stereocenters. The maximum Gasteiger partial charge on any atom is 0.316 e. The van der Waals surface area contributed by atoms with Gasteiger partial charge in [-0.05, 0) is 30.7 Å². The van der Waals surface area contributed by atoms with Crippen molar-refractivity contribution >= 4 is 17.3 Å². The maximum atomic E-state index is 13.7. The first-order valence-corrected chi connectivity index (χ1v) is 5.42. The number of halogens is 3. The van der Waals surface area contributed by atoms with Crippen LogP contribution in [0.25, 0.3) is 11.3 Å². The minimum Gasteiger partial charge on any atom is -0.258 e. The average Bonchev–Trinajstić information content (AvgIpc) is 2.26. The minimum absolute atomic E-state index is 0.0670. The molecule has 19 heavy (non-hydrogen) atoms. The molecule has 5 nitrogen and oxygen atoms in total. The second-order valence-corrected chi connectivity index (χ2v) is 3.97. The molecule has 2 aromatic rings. The van der Waals surface area contributed by atoms with Crippen molar-refractivity contribution < 1.29 is 13.7 Å². The molecule has 1 aromatic carbocycles. The van der Waals surface area contributed by atoms with Crippen LogP contribution in [0, 0.1) is 28.7 Å². The van der Waals surface area contributed by atoms with E-state index in [-0.39, 0.29) is 11.0 Å². The van der Waals surface area contributed by atoms with Gasteiger partial charge in [0, 0.05) is 0 Å². The summed E-state index contributed by atoms with van der Waals surface area (Å²) in [6.07, 6.45) is 0. The first kappa shape index (κ1) is 13.3. The summed E-state index contributed by atoms with van der Waals surface area (Å²) in [7, 11) is 0. The van der Waals surface area contributed by atoms with Crippen molar-refractivity contribution in [2.24, 2.45) is 0 Å². The number of nitrogens with zero attached hydrogens (tertiary/aromatic N) is 3. The molecule has 0 amide bonds. The molecule has 8 heteroatoms. The Morgan fingerprint density at radius 1 is 1.26 bits per heavy atom. The van der Waals surface area contributed by atoms with Gasteiger partial charge in [0.1, 0.15) is 17.3 Å². The number of hydrogen-bond donors (Lipinski definition) is 0. The lowest BCUT2D eigenvalue weighted by molar-refractivity contribution is -0.385. The van der Waals surface area contributed by atoms with E-state index in [2.05, 4.69) is 9.97 Å². The Balaban J connectivity index is 2.85. The summed E-state index contributed by atoms with van der Waals surface area (Å²) in [6, 6.07) is 3.11. The quantitative estimate of drug-likeness (QED) is 0.482. The minimum atomic E-state index is -0.961. The molecule has 0 aliphatic carbocycles. The Kier molecular flexibility index (Phi) is 3.39. The van der Waals surface area contributed by atoms with E-state index in [1.165, 1.54) is 6.92 Å². The van der Waals surface area contributed by atoms with E-state index in [1.807, 2.05) is 0 Å². The van der Waals surface area contributed by atoms with Gasteiger partial charge in [0.15, 0.2) is 5.69 Å². The Morgan fingerprint density at radius 3 is 2.37 bits per heavy atom. The van der Waals surface area contributed by atoms with Crippen molar-refractivity contribution in [1.29, 1.82) is 0 Å². The second-order valence-electron chi connectivity index (χ2n) is 3.63. The van der Waals surface area contributed by atoms with Gasteiger partial charge in [-0.2, -0.15) is 0 Å². The van der Waals surface area contributed by atoms with Crippen LogP contribution in [0.4, 0.5) is 14.5 Å². The van der Waals surface area contributed by atoms with E-state index >= 15 is 0 Å². The summed E-state index contributed by atoms with van der Waals surface area (Å²) < 4.78 is 27.4. The standard InChI is InChI=1S/C11H6ClF2N3O2/c1-5-10(17(18)19)9(16-11(12)15-5)8-6(13)3-2-4-7(8)14/h2-4H,1H3. The number of benzene rings is 1. The van der Waals surface area contributed by atoms with Crippen molar-refractivity contribution in [3.8, 4) is 11.3 Å². The van der Waals surface area contributed by atoms with Gasteiger partial charge >= 0.3 is 5.69 Å². The molecule has 0 spiro atoms. The summed E-state index contributed by atoms with van der Waals surface area (Å²) in [5.41, 5.74) is -1.71. The summed E-state index contributed by atoms with van der Waals surface area (Å²) in [6.45, 7) is 1.31. The summed E-state index contributed by atoms with van der Waals surface area (Å²) >= 11 is 5.59. The van der Waals surface area contributed by atoms with E-state index in [4.69, 9.17) is 11.6 Å². The highest BCUT2D eigenvalue weighted by molar-refractivity contribution is 6.28. The van der Waals surface area contributed by atoms with Gasteiger partial charge in [0.05, 0.1) is 10.5 Å². The van der Waals surface area contributed by atoms with Crippen LogP contribution in [0.2, 0.25) is 5.28 Å². The van der Waals surface area contributed by atoms with Gasteiger partial charge in [0.25, 0.3) is 0 Å². The largest absolute Gasteiger partial charge is 0.316 e. The first-order valence-electron chi connectivity index (χ1n) is 5.04. The monoisotopic (exact) mass is 285 g/mol. The zero-order chi connectivity index (χ0) is 14.2. The van der Waals surface area contributed by atoms with Crippen LogP contribution in [0.1, 0.15) is 5.69 Å². The van der Waals surface area contributed by atoms with E-state index in [9.17, 15) is 18.9 Å². The third-order valence-corrected chi connectivity index (χ3v) is 2.58. The highest BCUT2D eigenvalue weighted by Gasteiger charge is 2.27. The molecule has 0 N–H and O–H groups in total. The number of hydrogen-bond acceptors (Lipinski definition) is 4. The van der Waals surface area contributed by atoms with Gasteiger partial charge < -0.3 is 0 Å². The van der Waals surface area contributed by atoms with Crippen molar-refractivity contribution in [1.82, 2.24) is 9.97 Å². The fourth-order valence-corrected chi connectivity index (χ4v) is 1.86. The van der Waals surface area contributed by atoms with Gasteiger partial charge in [-0.25, -0.2) is 18.7 Å². The van der Waals surface area contributed by atoms with Gasteiger partial charge in [-0.15, -0.1) is 0 Å². The van der Waals surface area contributed by atoms with Crippen molar-refractivity contribution in [2.45, 2.75) is 6.92 Å². The number of rotatable bonds is 2. The smallest absolute Gasteiger partial charge is 0.258 e. The predicted molar refractivity (Wildman–Crippen MR) is 63.8 cm³/mol. The van der Waals surface area contributed by atoms with Crippen molar-refractivity contribution in [3.05, 3.63) is 50.9 Å². The van der Waals surface area contributed by atoms with E-state index < -0.39 is 33.5 Å². The maximum absolute atomic E-state index is 13.7. The molecule has 0 radical (unpaired) electrons. The van der Waals surface area contributed by atoms with Gasteiger partial charge in [-0.3, -0.25) is 10.1 Å². The van der Waals surface area contributed by atoms with Crippen LogP contribution in [0.15, 0.2) is 18.2 Å². The zero-order valence-corrected chi connectivity index (χ0v) is 10.3. The molecule has 0 bridgehead atoms. The lowest BCUT2D eigenvalue weighted by Gasteiger charge is -2.07. The van der Waals surface area contributed by atoms with E-state index in [1.54, 1.807) is 0 Å². The Hall–Kier alpha value is -2.15. The third kappa shape index (κ3) is 2.37. The van der Waals surface area contributed by atoms with Gasteiger partial charge in [0.2, 0.25) is 5.28 Å².